The maximum atomic E-state index is 5.80. The van der Waals surface area contributed by atoms with Gasteiger partial charge in [-0.2, -0.15) is 0 Å². The summed E-state index contributed by atoms with van der Waals surface area (Å²) in [5.74, 6) is 2.17. The number of anilines is 1. The molecule has 1 aliphatic carbocycles. The first-order valence-electron chi connectivity index (χ1n) is 7.30. The van der Waals surface area contributed by atoms with Crippen molar-refractivity contribution >= 4 is 5.82 Å². The molecule has 4 nitrogen and oxygen atoms in total. The van der Waals surface area contributed by atoms with Gasteiger partial charge in [0.2, 0.25) is 0 Å². The zero-order valence-electron chi connectivity index (χ0n) is 12.5. The quantitative estimate of drug-likeness (QED) is 0.884. The Kier molecular flexibility index (Phi) is 4.40. The summed E-state index contributed by atoms with van der Waals surface area (Å²) in [7, 11) is 1.78. The number of aromatic nitrogens is 2. The molecule has 1 aliphatic rings. The van der Waals surface area contributed by atoms with E-state index in [4.69, 9.17) is 9.72 Å². The second-order valence-corrected chi connectivity index (χ2v) is 5.59. The molecule has 0 bridgehead atoms. The molecule has 0 atom stereocenters. The Morgan fingerprint density at radius 2 is 2.00 bits per heavy atom. The first-order valence-corrected chi connectivity index (χ1v) is 7.30. The van der Waals surface area contributed by atoms with Crippen LogP contribution >= 0.6 is 0 Å². The molecule has 0 spiro atoms. The predicted octanol–water partition coefficient (Wildman–Crippen LogP) is 3.45. The minimum absolute atomic E-state index is 0.269. The number of ether oxygens (including phenoxy) is 1. The summed E-state index contributed by atoms with van der Waals surface area (Å²) in [5, 5.41) is 3.30. The largest absolute Gasteiger partial charge is 0.370 e. The van der Waals surface area contributed by atoms with Gasteiger partial charge in [0, 0.05) is 25.4 Å². The minimum Gasteiger partial charge on any atom is -0.370 e. The maximum Gasteiger partial charge on any atom is 0.162 e. The molecule has 0 aromatic carbocycles. The number of hydrogen-bond acceptors (Lipinski definition) is 4. The van der Waals surface area contributed by atoms with E-state index in [2.05, 4.69) is 37.1 Å². The molecule has 0 radical (unpaired) electrons. The fourth-order valence-electron chi connectivity index (χ4n) is 2.70. The molecule has 0 amide bonds. The van der Waals surface area contributed by atoms with E-state index in [1.54, 1.807) is 7.11 Å². The van der Waals surface area contributed by atoms with Crippen LogP contribution < -0.4 is 5.32 Å². The molecular formula is C15H25N3O. The van der Waals surface area contributed by atoms with Crippen molar-refractivity contribution in [2.24, 2.45) is 0 Å². The minimum atomic E-state index is -0.269. The highest BCUT2D eigenvalue weighted by molar-refractivity contribution is 5.37. The SMILES string of the molecule is CCNc1cc(C(C)C)nc(C2(OC)CCCC2)n1. The van der Waals surface area contributed by atoms with Crippen LogP contribution in [0.25, 0.3) is 0 Å². The Bertz CT molecular complexity index is 425. The van der Waals surface area contributed by atoms with E-state index < -0.39 is 0 Å². The zero-order valence-corrected chi connectivity index (χ0v) is 12.5. The summed E-state index contributed by atoms with van der Waals surface area (Å²) < 4.78 is 5.80. The second-order valence-electron chi connectivity index (χ2n) is 5.59. The van der Waals surface area contributed by atoms with E-state index in [1.807, 2.05) is 0 Å². The molecule has 0 unspecified atom stereocenters. The van der Waals surface area contributed by atoms with Crippen molar-refractivity contribution in [3.05, 3.63) is 17.6 Å². The molecule has 1 N–H and O–H groups in total. The molecule has 0 saturated heterocycles. The normalized spacial score (nSPS) is 17.9. The Morgan fingerprint density at radius 3 is 2.53 bits per heavy atom. The highest BCUT2D eigenvalue weighted by Crippen LogP contribution is 2.40. The summed E-state index contributed by atoms with van der Waals surface area (Å²) in [6.45, 7) is 7.28. The van der Waals surface area contributed by atoms with Crippen LogP contribution in [0, 0.1) is 0 Å². The van der Waals surface area contributed by atoms with E-state index in [1.165, 1.54) is 12.8 Å². The summed E-state index contributed by atoms with van der Waals surface area (Å²) in [6.07, 6.45) is 4.44. The molecule has 1 aromatic heterocycles. The van der Waals surface area contributed by atoms with Gasteiger partial charge in [0.1, 0.15) is 11.4 Å². The van der Waals surface area contributed by atoms with Crippen LogP contribution in [0.15, 0.2) is 6.07 Å². The fraction of sp³-hybridized carbons (Fsp3) is 0.733. The summed E-state index contributed by atoms with van der Waals surface area (Å²) >= 11 is 0. The van der Waals surface area contributed by atoms with Crippen molar-refractivity contribution in [3.63, 3.8) is 0 Å². The van der Waals surface area contributed by atoms with Crippen LogP contribution in [0.2, 0.25) is 0 Å². The van der Waals surface area contributed by atoms with Crippen LogP contribution in [0.3, 0.4) is 0 Å². The topological polar surface area (TPSA) is 47.0 Å². The molecule has 1 saturated carbocycles. The third kappa shape index (κ3) is 2.89. The first-order chi connectivity index (χ1) is 9.11. The van der Waals surface area contributed by atoms with Crippen LogP contribution in [0.1, 0.15) is 63.9 Å². The average molecular weight is 263 g/mol. The van der Waals surface area contributed by atoms with Gasteiger partial charge in [0.25, 0.3) is 0 Å². The van der Waals surface area contributed by atoms with Gasteiger partial charge in [0.05, 0.1) is 0 Å². The number of nitrogens with zero attached hydrogens (tertiary/aromatic N) is 2. The van der Waals surface area contributed by atoms with Gasteiger partial charge < -0.3 is 10.1 Å². The lowest BCUT2D eigenvalue weighted by molar-refractivity contribution is -0.0163. The van der Waals surface area contributed by atoms with Gasteiger partial charge in [-0.25, -0.2) is 9.97 Å². The Hall–Kier alpha value is -1.16. The third-order valence-corrected chi connectivity index (χ3v) is 3.90. The van der Waals surface area contributed by atoms with Gasteiger partial charge in [-0.05, 0) is 38.5 Å². The van der Waals surface area contributed by atoms with Gasteiger partial charge in [-0.3, -0.25) is 0 Å². The zero-order chi connectivity index (χ0) is 13.9. The van der Waals surface area contributed by atoms with Gasteiger partial charge >= 0.3 is 0 Å². The van der Waals surface area contributed by atoms with Crippen molar-refractivity contribution in [2.75, 3.05) is 19.0 Å². The standard InChI is InChI=1S/C15H25N3O/c1-5-16-13-10-12(11(2)3)17-14(18-13)15(19-4)8-6-7-9-15/h10-11H,5-9H2,1-4H3,(H,16,17,18). The van der Waals surface area contributed by atoms with Crippen LogP contribution in [-0.4, -0.2) is 23.6 Å². The van der Waals surface area contributed by atoms with Crippen molar-refractivity contribution < 1.29 is 4.74 Å². The van der Waals surface area contributed by atoms with Gasteiger partial charge in [0.15, 0.2) is 5.82 Å². The third-order valence-electron chi connectivity index (χ3n) is 3.90. The van der Waals surface area contributed by atoms with E-state index in [0.29, 0.717) is 5.92 Å². The van der Waals surface area contributed by atoms with E-state index in [0.717, 1.165) is 36.7 Å². The number of nitrogens with one attached hydrogen (secondary N) is 1. The Labute approximate surface area is 116 Å². The first kappa shape index (κ1) is 14.3. The molecule has 4 heteroatoms. The summed E-state index contributed by atoms with van der Waals surface area (Å²) in [6, 6.07) is 2.05. The van der Waals surface area contributed by atoms with Crippen molar-refractivity contribution in [1.29, 1.82) is 0 Å². The molecule has 1 fully saturated rings. The summed E-state index contributed by atoms with van der Waals surface area (Å²) in [5.41, 5.74) is 0.819. The number of rotatable bonds is 5. The molecule has 1 heterocycles. The van der Waals surface area contributed by atoms with Crippen LogP contribution in [-0.2, 0) is 10.3 Å². The van der Waals surface area contributed by atoms with Gasteiger partial charge in [-0.1, -0.05) is 13.8 Å². The lowest BCUT2D eigenvalue weighted by atomic mass is 10.00. The maximum absolute atomic E-state index is 5.80. The van der Waals surface area contributed by atoms with Crippen molar-refractivity contribution in [2.45, 2.75) is 58.0 Å². The fourth-order valence-corrected chi connectivity index (χ4v) is 2.70. The molecule has 1 aromatic rings. The lowest BCUT2D eigenvalue weighted by Crippen LogP contribution is -2.28. The van der Waals surface area contributed by atoms with Crippen molar-refractivity contribution in [1.82, 2.24) is 9.97 Å². The molecule has 19 heavy (non-hydrogen) atoms. The highest BCUT2D eigenvalue weighted by Gasteiger charge is 2.39. The second kappa shape index (κ2) is 5.87. The Morgan fingerprint density at radius 1 is 1.32 bits per heavy atom. The summed E-state index contributed by atoms with van der Waals surface area (Å²) in [4.78, 5) is 9.45. The Balaban J connectivity index is 2.43. The molecule has 0 aliphatic heterocycles. The molecule has 106 valence electrons. The number of hydrogen-bond donors (Lipinski definition) is 1. The molecular weight excluding hydrogens is 238 g/mol. The average Bonchev–Trinajstić information content (AvgIpc) is 2.88. The van der Waals surface area contributed by atoms with Crippen LogP contribution in [0.4, 0.5) is 5.82 Å². The molecule has 2 rings (SSSR count). The van der Waals surface area contributed by atoms with E-state index in [9.17, 15) is 0 Å². The smallest absolute Gasteiger partial charge is 0.162 e. The highest BCUT2D eigenvalue weighted by atomic mass is 16.5. The monoisotopic (exact) mass is 263 g/mol. The van der Waals surface area contributed by atoms with Crippen LogP contribution in [0.5, 0.6) is 0 Å². The van der Waals surface area contributed by atoms with Crippen molar-refractivity contribution in [3.8, 4) is 0 Å². The lowest BCUT2D eigenvalue weighted by Gasteiger charge is -2.27. The predicted molar refractivity (Wildman–Crippen MR) is 77.4 cm³/mol. The number of methoxy groups -OCH3 is 1. The van der Waals surface area contributed by atoms with E-state index >= 15 is 0 Å². The van der Waals surface area contributed by atoms with Gasteiger partial charge in [-0.15, -0.1) is 0 Å². The van der Waals surface area contributed by atoms with E-state index in [-0.39, 0.29) is 5.60 Å².